The summed E-state index contributed by atoms with van der Waals surface area (Å²) >= 11 is 0. The second kappa shape index (κ2) is 5.84. The van der Waals surface area contributed by atoms with Gasteiger partial charge in [-0.1, -0.05) is 6.92 Å². The molecule has 0 bridgehead atoms. The number of rotatable bonds is 6. The molecule has 1 heterocycles. The highest BCUT2D eigenvalue weighted by molar-refractivity contribution is 5.03. The molecule has 0 aromatic heterocycles. The Kier molecular flexibility index (Phi) is 4.97. The van der Waals surface area contributed by atoms with Crippen molar-refractivity contribution < 1.29 is 0 Å². The molecule has 0 radical (unpaired) electrons. The smallest absolute Gasteiger partial charge is 0.103 e. The van der Waals surface area contributed by atoms with Gasteiger partial charge in [-0.25, -0.2) is 0 Å². The summed E-state index contributed by atoms with van der Waals surface area (Å²) in [6, 6.07) is 2.40. The van der Waals surface area contributed by atoms with E-state index in [1.165, 1.54) is 19.4 Å². The molecule has 1 N–H and O–H groups in total. The summed E-state index contributed by atoms with van der Waals surface area (Å²) in [4.78, 5) is 2.57. The van der Waals surface area contributed by atoms with E-state index < -0.39 is 0 Å². The van der Waals surface area contributed by atoms with Crippen molar-refractivity contribution in [3.63, 3.8) is 0 Å². The maximum absolute atomic E-state index is 9.18. The van der Waals surface area contributed by atoms with E-state index in [0.29, 0.717) is 5.54 Å². The van der Waals surface area contributed by atoms with Gasteiger partial charge < -0.3 is 0 Å². The molecule has 98 valence electrons. The molecular formula is C14H27N3. The quantitative estimate of drug-likeness (QED) is 0.771. The van der Waals surface area contributed by atoms with Crippen LogP contribution in [0.5, 0.6) is 0 Å². The van der Waals surface area contributed by atoms with E-state index in [2.05, 4.69) is 37.1 Å². The van der Waals surface area contributed by atoms with Crippen LogP contribution in [0.4, 0.5) is 0 Å². The molecule has 1 fully saturated rings. The first-order valence-corrected chi connectivity index (χ1v) is 6.85. The van der Waals surface area contributed by atoms with E-state index in [0.717, 1.165) is 25.9 Å². The second-order valence-electron chi connectivity index (χ2n) is 5.98. The van der Waals surface area contributed by atoms with E-state index in [9.17, 15) is 5.26 Å². The zero-order valence-electron chi connectivity index (χ0n) is 11.8. The van der Waals surface area contributed by atoms with Crippen molar-refractivity contribution in [2.45, 2.75) is 64.5 Å². The number of hydrogen-bond donors (Lipinski definition) is 1. The summed E-state index contributed by atoms with van der Waals surface area (Å²) in [6.45, 7) is 11.9. The van der Waals surface area contributed by atoms with E-state index in [1.807, 2.05) is 6.92 Å². The van der Waals surface area contributed by atoms with E-state index in [4.69, 9.17) is 0 Å². The largest absolute Gasteiger partial charge is 0.300 e. The first-order chi connectivity index (χ1) is 7.93. The fourth-order valence-electron chi connectivity index (χ4n) is 2.78. The Morgan fingerprint density at radius 1 is 1.47 bits per heavy atom. The normalized spacial score (nSPS) is 23.2. The average Bonchev–Trinajstić information content (AvgIpc) is 2.59. The summed E-state index contributed by atoms with van der Waals surface area (Å²) < 4.78 is 0. The lowest BCUT2D eigenvalue weighted by Crippen LogP contribution is -2.43. The van der Waals surface area contributed by atoms with Crippen LogP contribution >= 0.6 is 0 Å². The monoisotopic (exact) mass is 237 g/mol. The Balaban J connectivity index is 2.35. The molecule has 1 aliphatic heterocycles. The average molecular weight is 237 g/mol. The molecule has 3 heteroatoms. The molecule has 3 nitrogen and oxygen atoms in total. The van der Waals surface area contributed by atoms with Gasteiger partial charge in [-0.15, -0.1) is 0 Å². The zero-order valence-corrected chi connectivity index (χ0v) is 11.8. The van der Waals surface area contributed by atoms with Crippen LogP contribution in [0.15, 0.2) is 0 Å². The SMILES string of the molecule is CCNC(C)(C#N)CCCN1CCCC1(C)C. The van der Waals surface area contributed by atoms with Crippen molar-refractivity contribution in [2.75, 3.05) is 19.6 Å². The molecule has 0 spiro atoms. The molecule has 0 saturated carbocycles. The van der Waals surface area contributed by atoms with Crippen LogP contribution in [-0.2, 0) is 0 Å². The Hall–Kier alpha value is -0.590. The first kappa shape index (κ1) is 14.5. The van der Waals surface area contributed by atoms with Gasteiger partial charge in [0.25, 0.3) is 0 Å². The van der Waals surface area contributed by atoms with E-state index in [1.54, 1.807) is 0 Å². The predicted molar refractivity (Wildman–Crippen MR) is 71.8 cm³/mol. The maximum Gasteiger partial charge on any atom is 0.103 e. The molecule has 1 saturated heterocycles. The topological polar surface area (TPSA) is 39.1 Å². The van der Waals surface area contributed by atoms with Crippen molar-refractivity contribution in [3.8, 4) is 6.07 Å². The van der Waals surface area contributed by atoms with Gasteiger partial charge in [0.1, 0.15) is 5.54 Å². The van der Waals surface area contributed by atoms with Gasteiger partial charge >= 0.3 is 0 Å². The molecular weight excluding hydrogens is 210 g/mol. The van der Waals surface area contributed by atoms with Crippen molar-refractivity contribution in [1.82, 2.24) is 10.2 Å². The third kappa shape index (κ3) is 3.97. The minimum Gasteiger partial charge on any atom is -0.300 e. The third-order valence-electron chi connectivity index (χ3n) is 3.99. The Labute approximate surface area is 106 Å². The highest BCUT2D eigenvalue weighted by Crippen LogP contribution is 2.28. The summed E-state index contributed by atoms with van der Waals surface area (Å²) in [5, 5.41) is 12.5. The molecule has 1 rings (SSSR count). The van der Waals surface area contributed by atoms with Gasteiger partial charge in [-0.2, -0.15) is 5.26 Å². The number of likely N-dealkylation sites (tertiary alicyclic amines) is 1. The third-order valence-corrected chi connectivity index (χ3v) is 3.99. The van der Waals surface area contributed by atoms with Crippen LogP contribution in [0.2, 0.25) is 0 Å². The lowest BCUT2D eigenvalue weighted by molar-refractivity contribution is 0.168. The van der Waals surface area contributed by atoms with Crippen LogP contribution in [-0.4, -0.2) is 35.6 Å². The second-order valence-corrected chi connectivity index (χ2v) is 5.98. The minimum atomic E-state index is -0.349. The number of nitriles is 1. The van der Waals surface area contributed by atoms with Gasteiger partial charge in [0.15, 0.2) is 0 Å². The highest BCUT2D eigenvalue weighted by atomic mass is 15.2. The van der Waals surface area contributed by atoms with Crippen molar-refractivity contribution in [1.29, 1.82) is 5.26 Å². The predicted octanol–water partition coefficient (Wildman–Crippen LogP) is 2.53. The number of hydrogen-bond acceptors (Lipinski definition) is 3. The minimum absolute atomic E-state index is 0.349. The Morgan fingerprint density at radius 3 is 2.65 bits per heavy atom. The standard InChI is InChI=1S/C14H27N3/c1-5-16-14(4,12-15)9-7-11-17-10-6-8-13(17,2)3/h16H,5-11H2,1-4H3. The summed E-state index contributed by atoms with van der Waals surface area (Å²) in [7, 11) is 0. The Morgan fingerprint density at radius 2 is 2.18 bits per heavy atom. The van der Waals surface area contributed by atoms with Crippen LogP contribution in [0, 0.1) is 11.3 Å². The lowest BCUT2D eigenvalue weighted by Gasteiger charge is -2.32. The van der Waals surface area contributed by atoms with E-state index >= 15 is 0 Å². The van der Waals surface area contributed by atoms with Crippen LogP contribution < -0.4 is 5.32 Å². The van der Waals surface area contributed by atoms with Crippen molar-refractivity contribution in [2.24, 2.45) is 0 Å². The van der Waals surface area contributed by atoms with Crippen LogP contribution in [0.3, 0.4) is 0 Å². The lowest BCUT2D eigenvalue weighted by atomic mass is 9.96. The zero-order chi connectivity index (χ0) is 12.9. The number of nitrogens with one attached hydrogen (secondary N) is 1. The molecule has 0 aromatic rings. The summed E-state index contributed by atoms with van der Waals surface area (Å²) in [6.07, 6.45) is 4.65. The van der Waals surface area contributed by atoms with Gasteiger partial charge in [-0.3, -0.25) is 10.2 Å². The van der Waals surface area contributed by atoms with Crippen molar-refractivity contribution >= 4 is 0 Å². The van der Waals surface area contributed by atoms with Crippen LogP contribution in [0.1, 0.15) is 53.4 Å². The summed E-state index contributed by atoms with van der Waals surface area (Å²) in [5.74, 6) is 0. The van der Waals surface area contributed by atoms with Gasteiger partial charge in [0, 0.05) is 5.54 Å². The molecule has 0 aliphatic carbocycles. The molecule has 1 aliphatic rings. The molecule has 17 heavy (non-hydrogen) atoms. The molecule has 1 unspecified atom stereocenters. The van der Waals surface area contributed by atoms with Crippen molar-refractivity contribution in [3.05, 3.63) is 0 Å². The fraction of sp³-hybridized carbons (Fsp3) is 0.929. The fourth-order valence-corrected chi connectivity index (χ4v) is 2.78. The van der Waals surface area contributed by atoms with Gasteiger partial charge in [0.05, 0.1) is 6.07 Å². The number of nitrogens with zero attached hydrogens (tertiary/aromatic N) is 2. The molecule has 0 aromatic carbocycles. The summed E-state index contributed by atoms with van der Waals surface area (Å²) in [5.41, 5.74) is 0.0137. The van der Waals surface area contributed by atoms with E-state index in [-0.39, 0.29) is 5.54 Å². The molecule has 0 amide bonds. The van der Waals surface area contributed by atoms with Crippen LogP contribution in [0.25, 0.3) is 0 Å². The highest BCUT2D eigenvalue weighted by Gasteiger charge is 2.31. The van der Waals surface area contributed by atoms with Gasteiger partial charge in [0.2, 0.25) is 0 Å². The van der Waals surface area contributed by atoms with Gasteiger partial charge in [-0.05, 0) is 66.1 Å². The Bertz CT molecular complexity index is 280. The maximum atomic E-state index is 9.18. The molecule has 1 atom stereocenters. The first-order valence-electron chi connectivity index (χ1n) is 6.85.